The van der Waals surface area contributed by atoms with Crippen LogP contribution in [0.15, 0.2) is 33.9 Å². The first-order valence-electron chi connectivity index (χ1n) is 13.5. The number of Topliss-reactive ketones (excluding diaryl/α,β-unsaturated/α-hetero) is 1. The number of ether oxygens (including phenoxy) is 1. The third-order valence-electron chi connectivity index (χ3n) is 8.76. The second-order valence-corrected chi connectivity index (χ2v) is 11.0. The fraction of sp³-hybridized carbons (Fsp3) is 0.643. The van der Waals surface area contributed by atoms with E-state index in [0.717, 1.165) is 35.1 Å². The van der Waals surface area contributed by atoms with Crippen LogP contribution in [0.2, 0.25) is 0 Å². The molecule has 2 amide bonds. The van der Waals surface area contributed by atoms with Gasteiger partial charge in [-0.1, -0.05) is 12.5 Å². The highest BCUT2D eigenvalue weighted by Gasteiger charge is 2.56. The predicted molar refractivity (Wildman–Crippen MR) is 138 cm³/mol. The molecular formula is C28H39N3O7. The molecule has 10 nitrogen and oxygen atoms in total. The standard InChI is InChI=1S/C28H39N3O7/c1-15-12-19-23(16(2)28(8-9-28)17(3)24(19)34)18(15)6-5-11-38-27(37)22-7-4-10-31(22)26(36)21(14-33)30-25(35)20(29)13-32/h12,17,20-22,32-33H,4-11,13-14,29H2,1-3H3,(H,30,35)/t17-,20+,21?,22+/m1/s1. The van der Waals surface area contributed by atoms with Crippen LogP contribution in [0.4, 0.5) is 0 Å². The van der Waals surface area contributed by atoms with Gasteiger partial charge in [-0.3, -0.25) is 14.4 Å². The fourth-order valence-electron chi connectivity index (χ4n) is 6.22. The van der Waals surface area contributed by atoms with Crippen LogP contribution in [0.3, 0.4) is 0 Å². The zero-order valence-electron chi connectivity index (χ0n) is 22.4. The number of likely N-dealkylation sites (tertiary alicyclic amines) is 1. The molecule has 1 aliphatic heterocycles. The van der Waals surface area contributed by atoms with Crippen molar-refractivity contribution in [1.29, 1.82) is 0 Å². The van der Waals surface area contributed by atoms with E-state index in [0.29, 0.717) is 32.2 Å². The lowest BCUT2D eigenvalue weighted by atomic mass is 9.70. The third kappa shape index (κ3) is 4.97. The molecular weight excluding hydrogens is 490 g/mol. The third-order valence-corrected chi connectivity index (χ3v) is 8.76. The molecule has 1 saturated carbocycles. The van der Waals surface area contributed by atoms with E-state index in [-0.39, 0.29) is 23.7 Å². The molecule has 1 unspecified atom stereocenters. The van der Waals surface area contributed by atoms with Gasteiger partial charge in [-0.25, -0.2) is 4.79 Å². The van der Waals surface area contributed by atoms with Crippen LogP contribution in [0.5, 0.6) is 0 Å². The van der Waals surface area contributed by atoms with Gasteiger partial charge >= 0.3 is 5.97 Å². The molecule has 0 bridgehead atoms. The quantitative estimate of drug-likeness (QED) is 0.237. The number of rotatable bonds is 10. The maximum Gasteiger partial charge on any atom is 0.328 e. The summed E-state index contributed by atoms with van der Waals surface area (Å²) in [5.74, 6) is -1.63. The molecule has 4 rings (SSSR count). The van der Waals surface area contributed by atoms with E-state index in [4.69, 9.17) is 15.6 Å². The van der Waals surface area contributed by atoms with Crippen LogP contribution in [0.25, 0.3) is 0 Å². The van der Waals surface area contributed by atoms with Crippen molar-refractivity contribution in [2.24, 2.45) is 17.1 Å². The first-order valence-corrected chi connectivity index (χ1v) is 13.5. The number of allylic oxidation sites excluding steroid dienone is 6. The fourth-order valence-corrected chi connectivity index (χ4v) is 6.22. The number of hydrogen-bond donors (Lipinski definition) is 4. The molecule has 4 atom stereocenters. The summed E-state index contributed by atoms with van der Waals surface area (Å²) in [4.78, 5) is 52.1. The molecule has 4 aliphatic rings. The Morgan fingerprint density at radius 3 is 2.58 bits per heavy atom. The Balaban J connectivity index is 1.32. The van der Waals surface area contributed by atoms with Gasteiger partial charge in [0.25, 0.3) is 0 Å². The van der Waals surface area contributed by atoms with Crippen molar-refractivity contribution in [3.8, 4) is 0 Å². The van der Waals surface area contributed by atoms with Gasteiger partial charge in [0.15, 0.2) is 5.78 Å². The number of carbonyl (C=O) groups is 4. The predicted octanol–water partition coefficient (Wildman–Crippen LogP) is 0.670. The second kappa shape index (κ2) is 11.1. The minimum Gasteiger partial charge on any atom is -0.464 e. The Morgan fingerprint density at radius 1 is 1.24 bits per heavy atom. The van der Waals surface area contributed by atoms with Gasteiger partial charge in [-0.2, -0.15) is 0 Å². The first-order chi connectivity index (χ1) is 18.1. The van der Waals surface area contributed by atoms with Gasteiger partial charge in [0.05, 0.1) is 19.8 Å². The van der Waals surface area contributed by atoms with Gasteiger partial charge in [0.2, 0.25) is 11.8 Å². The summed E-state index contributed by atoms with van der Waals surface area (Å²) < 4.78 is 5.55. The van der Waals surface area contributed by atoms with Crippen molar-refractivity contribution in [3.05, 3.63) is 33.9 Å². The molecule has 5 N–H and O–H groups in total. The molecule has 38 heavy (non-hydrogen) atoms. The summed E-state index contributed by atoms with van der Waals surface area (Å²) in [6.07, 6.45) is 6.40. The minimum absolute atomic E-state index is 0.0135. The van der Waals surface area contributed by atoms with E-state index >= 15 is 0 Å². The second-order valence-electron chi connectivity index (χ2n) is 11.0. The van der Waals surface area contributed by atoms with Gasteiger partial charge < -0.3 is 30.9 Å². The number of esters is 1. The average Bonchev–Trinajstić information content (AvgIpc) is 3.44. The van der Waals surface area contributed by atoms with Crippen LogP contribution >= 0.6 is 0 Å². The van der Waals surface area contributed by atoms with Crippen molar-refractivity contribution < 1.29 is 34.1 Å². The molecule has 2 fully saturated rings. The number of hydrogen-bond acceptors (Lipinski definition) is 8. The molecule has 0 aromatic heterocycles. The Hall–Kier alpha value is -2.82. The maximum atomic E-state index is 13.0. The Labute approximate surface area is 222 Å². The van der Waals surface area contributed by atoms with Crippen LogP contribution in [-0.2, 0) is 23.9 Å². The maximum absolute atomic E-state index is 13.0. The number of aliphatic hydroxyl groups is 2. The number of ketones is 1. The molecule has 1 heterocycles. The summed E-state index contributed by atoms with van der Waals surface area (Å²) in [6, 6.07) is -3.27. The summed E-state index contributed by atoms with van der Waals surface area (Å²) in [7, 11) is 0. The summed E-state index contributed by atoms with van der Waals surface area (Å²) in [5, 5.41) is 21.0. The van der Waals surface area contributed by atoms with Crippen molar-refractivity contribution in [2.45, 2.75) is 77.4 Å². The highest BCUT2D eigenvalue weighted by molar-refractivity contribution is 6.07. The topological polar surface area (TPSA) is 159 Å². The molecule has 3 aliphatic carbocycles. The van der Waals surface area contributed by atoms with E-state index in [9.17, 15) is 24.3 Å². The number of fused-ring (bicyclic) bond motifs is 1. The van der Waals surface area contributed by atoms with Crippen LogP contribution in [0.1, 0.15) is 59.3 Å². The zero-order valence-corrected chi connectivity index (χ0v) is 22.4. The van der Waals surface area contributed by atoms with Crippen LogP contribution in [-0.4, -0.2) is 83.2 Å². The van der Waals surface area contributed by atoms with Gasteiger partial charge in [-0.05, 0) is 75.2 Å². The highest BCUT2D eigenvalue weighted by Crippen LogP contribution is 2.63. The number of amides is 2. The lowest BCUT2D eigenvalue weighted by Crippen LogP contribution is -2.56. The van der Waals surface area contributed by atoms with E-state index in [1.54, 1.807) is 0 Å². The smallest absolute Gasteiger partial charge is 0.328 e. The largest absolute Gasteiger partial charge is 0.464 e. The normalized spacial score (nSPS) is 25.4. The molecule has 0 radical (unpaired) electrons. The lowest BCUT2D eigenvalue weighted by molar-refractivity contribution is -0.154. The Bertz CT molecular complexity index is 1120. The van der Waals surface area contributed by atoms with E-state index in [2.05, 4.69) is 12.2 Å². The molecule has 0 aromatic rings. The number of aliphatic hydroxyl groups excluding tert-OH is 2. The zero-order chi connectivity index (χ0) is 27.8. The SMILES string of the molecule is CC1=C(CCCOC(=O)[C@@H]2CCCN2C(=O)C(CO)NC(=O)[C@@H](N)CO)C2=C(C)C3(CC3)[C@H](C)C(=O)C2=C1. The Kier molecular flexibility index (Phi) is 8.25. The molecule has 1 spiro atoms. The van der Waals surface area contributed by atoms with Gasteiger partial charge in [0, 0.05) is 23.5 Å². The van der Waals surface area contributed by atoms with E-state index in [1.807, 2.05) is 19.9 Å². The number of nitrogens with one attached hydrogen (secondary N) is 1. The molecule has 1 saturated heterocycles. The highest BCUT2D eigenvalue weighted by atomic mass is 16.5. The van der Waals surface area contributed by atoms with E-state index < -0.39 is 49.1 Å². The minimum atomic E-state index is -1.26. The summed E-state index contributed by atoms with van der Waals surface area (Å²) >= 11 is 0. The van der Waals surface area contributed by atoms with Crippen molar-refractivity contribution >= 4 is 23.6 Å². The lowest BCUT2D eigenvalue weighted by Gasteiger charge is -2.32. The van der Waals surface area contributed by atoms with E-state index in [1.165, 1.54) is 10.5 Å². The van der Waals surface area contributed by atoms with Crippen LogP contribution in [0, 0.1) is 11.3 Å². The number of nitrogens with two attached hydrogens (primary N) is 1. The van der Waals surface area contributed by atoms with Gasteiger partial charge in [0.1, 0.15) is 18.1 Å². The summed E-state index contributed by atoms with van der Waals surface area (Å²) in [5.41, 5.74) is 11.0. The van der Waals surface area contributed by atoms with Crippen molar-refractivity contribution in [1.82, 2.24) is 10.2 Å². The van der Waals surface area contributed by atoms with Crippen LogP contribution < -0.4 is 11.1 Å². The van der Waals surface area contributed by atoms with Gasteiger partial charge in [-0.15, -0.1) is 0 Å². The molecule has 0 aromatic carbocycles. The first kappa shape index (κ1) is 28.2. The summed E-state index contributed by atoms with van der Waals surface area (Å²) in [6.45, 7) is 5.44. The molecule has 10 heteroatoms. The average molecular weight is 530 g/mol. The Morgan fingerprint density at radius 2 is 1.95 bits per heavy atom. The monoisotopic (exact) mass is 529 g/mol. The van der Waals surface area contributed by atoms with Crippen molar-refractivity contribution in [2.75, 3.05) is 26.4 Å². The molecule has 208 valence electrons. The number of nitrogens with zero attached hydrogens (tertiary/aromatic N) is 1. The number of carbonyl (C=O) groups excluding carboxylic acids is 4. The van der Waals surface area contributed by atoms with Crippen molar-refractivity contribution in [3.63, 3.8) is 0 Å².